The van der Waals surface area contributed by atoms with Gasteiger partial charge in [0.1, 0.15) is 0 Å². The van der Waals surface area contributed by atoms with Crippen molar-refractivity contribution in [3.8, 4) is 0 Å². The minimum absolute atomic E-state index is 0.100. The summed E-state index contributed by atoms with van der Waals surface area (Å²) >= 11 is 8.64. The fourth-order valence-electron chi connectivity index (χ4n) is 1.58. The Morgan fingerprint density at radius 3 is 2.71 bits per heavy atom. The van der Waals surface area contributed by atoms with Gasteiger partial charge in [0, 0.05) is 27.8 Å². The van der Waals surface area contributed by atoms with Gasteiger partial charge < -0.3 is 5.32 Å². The van der Waals surface area contributed by atoms with Crippen molar-refractivity contribution in [1.29, 1.82) is 0 Å². The first-order valence-electron chi connectivity index (χ1n) is 6.50. The summed E-state index contributed by atoms with van der Waals surface area (Å²) in [4.78, 5) is 14.2. The summed E-state index contributed by atoms with van der Waals surface area (Å²) in [5.74, 6) is 2.53. The molecule has 0 saturated heterocycles. The van der Waals surface area contributed by atoms with Gasteiger partial charge in [-0.3, -0.25) is 4.79 Å². The first-order valence-corrected chi connectivity index (χ1v) is 10.3. The van der Waals surface area contributed by atoms with E-state index in [4.69, 9.17) is 0 Å². The number of halogens is 1. The maximum absolute atomic E-state index is 11.7. The van der Waals surface area contributed by atoms with Crippen LogP contribution in [0.4, 0.5) is 0 Å². The van der Waals surface area contributed by atoms with E-state index in [2.05, 4.69) is 33.4 Å². The number of thiophene rings is 1. The Morgan fingerprint density at radius 1 is 1.19 bits per heavy atom. The third kappa shape index (κ3) is 6.91. The lowest BCUT2D eigenvalue weighted by atomic mass is 10.4. The highest BCUT2D eigenvalue weighted by Gasteiger charge is 2.02. The highest BCUT2D eigenvalue weighted by Crippen LogP contribution is 2.25. The van der Waals surface area contributed by atoms with Gasteiger partial charge >= 0.3 is 0 Å². The number of hydrogen-bond acceptors (Lipinski definition) is 4. The topological polar surface area (TPSA) is 29.1 Å². The Balaban J connectivity index is 1.53. The second-order valence-electron chi connectivity index (χ2n) is 4.21. The molecular weight excluding hydrogens is 386 g/mol. The van der Waals surface area contributed by atoms with E-state index >= 15 is 0 Å². The number of carbonyl (C=O) groups excluding carboxylic acids is 1. The van der Waals surface area contributed by atoms with E-state index in [0.29, 0.717) is 5.75 Å². The highest BCUT2D eigenvalue weighted by molar-refractivity contribution is 9.11. The summed E-state index contributed by atoms with van der Waals surface area (Å²) in [5, 5.41) is 2.96. The lowest BCUT2D eigenvalue weighted by Crippen LogP contribution is -2.27. The molecule has 0 aliphatic rings. The van der Waals surface area contributed by atoms with Crippen LogP contribution in [-0.2, 0) is 10.5 Å². The molecule has 0 spiro atoms. The van der Waals surface area contributed by atoms with E-state index in [1.165, 1.54) is 8.66 Å². The minimum Gasteiger partial charge on any atom is -0.355 e. The van der Waals surface area contributed by atoms with Crippen molar-refractivity contribution < 1.29 is 4.79 Å². The van der Waals surface area contributed by atoms with Crippen molar-refractivity contribution in [1.82, 2.24) is 5.32 Å². The summed E-state index contributed by atoms with van der Waals surface area (Å²) in [7, 11) is 0. The maximum atomic E-state index is 11.7. The molecule has 0 fully saturated rings. The lowest BCUT2D eigenvalue weighted by Gasteiger charge is -2.05. The zero-order chi connectivity index (χ0) is 14.9. The van der Waals surface area contributed by atoms with Crippen LogP contribution in [0.5, 0.6) is 0 Å². The second-order valence-corrected chi connectivity index (χ2v) is 8.91. The van der Waals surface area contributed by atoms with Crippen molar-refractivity contribution in [2.24, 2.45) is 0 Å². The molecule has 0 atom stereocenters. The quantitative estimate of drug-likeness (QED) is 0.515. The van der Waals surface area contributed by atoms with Gasteiger partial charge in [0.05, 0.1) is 9.54 Å². The molecular formula is C15H16BrNOS3. The third-order valence-electron chi connectivity index (χ3n) is 2.55. The largest absolute Gasteiger partial charge is 0.355 e. The van der Waals surface area contributed by atoms with Crippen molar-refractivity contribution in [2.45, 2.75) is 10.6 Å². The smallest absolute Gasteiger partial charge is 0.230 e. The third-order valence-corrected chi connectivity index (χ3v) is 6.38. The molecule has 2 aromatic rings. The van der Waals surface area contributed by atoms with Crippen LogP contribution in [0.15, 0.2) is 51.1 Å². The Morgan fingerprint density at radius 2 is 2.00 bits per heavy atom. The molecule has 0 radical (unpaired) electrons. The molecule has 0 aliphatic carbocycles. The van der Waals surface area contributed by atoms with Crippen LogP contribution < -0.4 is 5.32 Å². The van der Waals surface area contributed by atoms with Crippen LogP contribution >= 0.6 is 50.8 Å². The van der Waals surface area contributed by atoms with Crippen LogP contribution in [0.2, 0.25) is 0 Å². The summed E-state index contributed by atoms with van der Waals surface area (Å²) in [6.07, 6.45) is 0. The number of thioether (sulfide) groups is 2. The van der Waals surface area contributed by atoms with Gasteiger partial charge in [-0.1, -0.05) is 18.2 Å². The van der Waals surface area contributed by atoms with Gasteiger partial charge in [-0.05, 0) is 40.2 Å². The first kappa shape index (κ1) is 16.9. The molecule has 1 aromatic carbocycles. The number of amides is 1. The summed E-state index contributed by atoms with van der Waals surface area (Å²) in [6.45, 7) is 0.728. The van der Waals surface area contributed by atoms with Gasteiger partial charge in [-0.2, -0.15) is 11.8 Å². The van der Waals surface area contributed by atoms with E-state index in [-0.39, 0.29) is 5.91 Å². The van der Waals surface area contributed by atoms with Gasteiger partial charge in [-0.15, -0.1) is 23.1 Å². The van der Waals surface area contributed by atoms with Crippen LogP contribution in [0.3, 0.4) is 0 Å². The number of nitrogens with one attached hydrogen (secondary N) is 1. The molecule has 1 N–H and O–H groups in total. The molecule has 2 rings (SSSR count). The average molecular weight is 402 g/mol. The molecule has 112 valence electrons. The Bertz CT molecular complexity index is 559. The Hall–Kier alpha value is -0.430. The number of rotatable bonds is 8. The van der Waals surface area contributed by atoms with Crippen molar-refractivity contribution in [3.63, 3.8) is 0 Å². The molecule has 0 saturated carbocycles. The maximum Gasteiger partial charge on any atom is 0.230 e. The zero-order valence-corrected chi connectivity index (χ0v) is 15.4. The fourth-order valence-corrected chi connectivity index (χ4v) is 4.78. The molecule has 1 amide bonds. The monoisotopic (exact) mass is 401 g/mol. The average Bonchev–Trinajstić information content (AvgIpc) is 2.91. The summed E-state index contributed by atoms with van der Waals surface area (Å²) < 4.78 is 1.17. The number of benzene rings is 1. The molecule has 2 nitrogen and oxygen atoms in total. The number of hydrogen-bond donors (Lipinski definition) is 1. The van der Waals surface area contributed by atoms with Crippen LogP contribution in [-0.4, -0.2) is 24.0 Å². The lowest BCUT2D eigenvalue weighted by molar-refractivity contribution is -0.118. The molecule has 0 bridgehead atoms. The number of carbonyl (C=O) groups is 1. The van der Waals surface area contributed by atoms with Gasteiger partial charge in [0.2, 0.25) is 5.91 Å². The van der Waals surface area contributed by atoms with E-state index in [1.54, 1.807) is 23.1 Å². The van der Waals surface area contributed by atoms with Crippen molar-refractivity contribution in [3.05, 3.63) is 51.1 Å². The SMILES string of the molecule is O=C(CSc1ccccc1)NCCSCc1ccc(Br)s1. The Labute approximate surface area is 146 Å². The van der Waals surface area contributed by atoms with Gasteiger partial charge in [-0.25, -0.2) is 0 Å². The second kappa shape index (κ2) is 9.56. The van der Waals surface area contributed by atoms with Crippen LogP contribution in [0.1, 0.15) is 4.88 Å². The molecule has 0 aliphatic heterocycles. The summed E-state index contributed by atoms with van der Waals surface area (Å²) in [5.41, 5.74) is 0. The normalized spacial score (nSPS) is 10.5. The predicted molar refractivity (Wildman–Crippen MR) is 98.4 cm³/mol. The fraction of sp³-hybridized carbons (Fsp3) is 0.267. The van der Waals surface area contributed by atoms with Crippen LogP contribution in [0, 0.1) is 0 Å². The molecule has 6 heteroatoms. The molecule has 1 heterocycles. The Kier molecular flexibility index (Phi) is 7.71. The van der Waals surface area contributed by atoms with Crippen molar-refractivity contribution in [2.75, 3.05) is 18.1 Å². The predicted octanol–water partition coefficient (Wildman–Crippen LogP) is 4.65. The minimum atomic E-state index is 0.100. The van der Waals surface area contributed by atoms with Gasteiger partial charge in [0.15, 0.2) is 0 Å². The standard InChI is InChI=1S/C15H16BrNOS3/c16-14-7-6-13(21-14)10-19-9-8-17-15(18)11-20-12-4-2-1-3-5-12/h1-7H,8-11H2,(H,17,18). The van der Waals surface area contributed by atoms with E-state index in [1.807, 2.05) is 42.1 Å². The van der Waals surface area contributed by atoms with E-state index in [0.717, 1.165) is 22.9 Å². The molecule has 21 heavy (non-hydrogen) atoms. The van der Waals surface area contributed by atoms with E-state index < -0.39 is 0 Å². The highest BCUT2D eigenvalue weighted by atomic mass is 79.9. The first-order chi connectivity index (χ1) is 10.2. The van der Waals surface area contributed by atoms with Gasteiger partial charge in [0.25, 0.3) is 0 Å². The zero-order valence-electron chi connectivity index (χ0n) is 11.4. The van der Waals surface area contributed by atoms with E-state index in [9.17, 15) is 4.79 Å². The van der Waals surface area contributed by atoms with Crippen LogP contribution in [0.25, 0.3) is 0 Å². The summed E-state index contributed by atoms with van der Waals surface area (Å²) in [6, 6.07) is 14.2. The molecule has 1 aromatic heterocycles. The molecule has 0 unspecified atom stereocenters. The van der Waals surface area contributed by atoms with Crippen molar-refractivity contribution >= 4 is 56.7 Å².